The van der Waals surface area contributed by atoms with Gasteiger partial charge in [-0.1, -0.05) is 42.5 Å². The summed E-state index contributed by atoms with van der Waals surface area (Å²) < 4.78 is 10.2. The van der Waals surface area contributed by atoms with Crippen molar-refractivity contribution in [1.82, 2.24) is 0 Å². The van der Waals surface area contributed by atoms with Crippen LogP contribution in [-0.4, -0.2) is 18.0 Å². The maximum Gasteiger partial charge on any atom is 0.338 e. The molecule has 0 saturated heterocycles. The highest BCUT2D eigenvalue weighted by molar-refractivity contribution is 5.90. The van der Waals surface area contributed by atoms with Crippen LogP contribution in [0.1, 0.15) is 21.5 Å². The molecule has 29 heavy (non-hydrogen) atoms. The molecule has 0 saturated carbocycles. The number of nitro benzene ring substituents is 1. The molecule has 0 aliphatic heterocycles. The summed E-state index contributed by atoms with van der Waals surface area (Å²) in [5.41, 5.74) is 2.86. The number of nitro groups is 1. The van der Waals surface area contributed by atoms with Gasteiger partial charge in [0.25, 0.3) is 0 Å². The van der Waals surface area contributed by atoms with E-state index < -0.39 is 10.9 Å². The largest absolute Gasteiger partial charge is 0.482 e. The fraction of sp³-hybridized carbons (Fsp3) is 0.0909. The smallest absolute Gasteiger partial charge is 0.338 e. The number of benzene rings is 3. The van der Waals surface area contributed by atoms with Gasteiger partial charge in [-0.2, -0.15) is 5.26 Å². The predicted molar refractivity (Wildman–Crippen MR) is 105 cm³/mol. The predicted octanol–water partition coefficient (Wildman–Crippen LogP) is 4.50. The monoisotopic (exact) mass is 388 g/mol. The Morgan fingerprint density at radius 3 is 2.48 bits per heavy atom. The van der Waals surface area contributed by atoms with Gasteiger partial charge in [-0.15, -0.1) is 0 Å². The number of hydrogen-bond acceptors (Lipinski definition) is 6. The van der Waals surface area contributed by atoms with Crippen molar-refractivity contribution in [2.24, 2.45) is 0 Å². The van der Waals surface area contributed by atoms with E-state index in [0.29, 0.717) is 5.56 Å². The second-order valence-corrected chi connectivity index (χ2v) is 6.07. The molecule has 0 heterocycles. The number of ether oxygens (including phenoxy) is 2. The lowest BCUT2D eigenvalue weighted by molar-refractivity contribution is -0.386. The van der Waals surface area contributed by atoms with Crippen LogP contribution in [0.15, 0.2) is 66.7 Å². The fourth-order valence-electron chi connectivity index (χ4n) is 2.80. The van der Waals surface area contributed by atoms with Crippen molar-refractivity contribution in [2.75, 3.05) is 7.11 Å². The topological polar surface area (TPSA) is 102 Å². The molecule has 0 aliphatic rings. The Kier molecular flexibility index (Phi) is 5.85. The Hall–Kier alpha value is -4.18. The fourth-order valence-corrected chi connectivity index (χ4v) is 2.80. The average Bonchev–Trinajstić information content (AvgIpc) is 2.77. The molecule has 0 aromatic heterocycles. The summed E-state index contributed by atoms with van der Waals surface area (Å²) in [6.45, 7) is 0.110. The lowest BCUT2D eigenvalue weighted by atomic mass is 9.99. The van der Waals surface area contributed by atoms with Crippen LogP contribution >= 0.6 is 0 Å². The first-order chi connectivity index (χ1) is 14.0. The average molecular weight is 388 g/mol. The van der Waals surface area contributed by atoms with Crippen molar-refractivity contribution in [3.63, 3.8) is 0 Å². The van der Waals surface area contributed by atoms with E-state index in [1.54, 1.807) is 6.07 Å². The first kappa shape index (κ1) is 19.6. The minimum Gasteiger partial charge on any atom is -0.482 e. The highest BCUT2D eigenvalue weighted by Gasteiger charge is 2.19. The molecule has 0 N–H and O–H groups in total. The standard InChI is InChI=1S/C22H16N2O5/c1-28-22(25)17-10-11-21(20(12-17)24(26)27)29-14-15-6-8-16(9-7-15)19-5-3-2-4-18(19)13-23/h2-12H,14H2,1H3. The van der Waals surface area contributed by atoms with E-state index in [-0.39, 0.29) is 23.6 Å². The van der Waals surface area contributed by atoms with Crippen molar-refractivity contribution in [1.29, 1.82) is 5.26 Å². The van der Waals surface area contributed by atoms with Gasteiger partial charge < -0.3 is 9.47 Å². The van der Waals surface area contributed by atoms with Crippen LogP contribution in [0.3, 0.4) is 0 Å². The van der Waals surface area contributed by atoms with Gasteiger partial charge in [0.05, 0.1) is 29.2 Å². The van der Waals surface area contributed by atoms with E-state index in [9.17, 15) is 20.2 Å². The molecule has 144 valence electrons. The second-order valence-electron chi connectivity index (χ2n) is 6.07. The molecule has 0 amide bonds. The van der Waals surface area contributed by atoms with Gasteiger partial charge in [-0.05, 0) is 34.9 Å². The minimum atomic E-state index is -0.659. The molecule has 0 radical (unpaired) electrons. The number of carbonyl (C=O) groups excluding carboxylic acids is 1. The van der Waals surface area contributed by atoms with E-state index >= 15 is 0 Å². The molecule has 0 bridgehead atoms. The van der Waals surface area contributed by atoms with Gasteiger partial charge in [0.2, 0.25) is 0 Å². The Labute approximate surface area is 166 Å². The van der Waals surface area contributed by atoms with Crippen LogP contribution in [-0.2, 0) is 11.3 Å². The summed E-state index contributed by atoms with van der Waals surface area (Å²) in [5.74, 6) is -0.602. The van der Waals surface area contributed by atoms with E-state index in [0.717, 1.165) is 22.8 Å². The molecule has 0 aliphatic carbocycles. The summed E-state index contributed by atoms with van der Waals surface area (Å²) in [5, 5.41) is 20.5. The molecular weight excluding hydrogens is 372 g/mol. The van der Waals surface area contributed by atoms with E-state index in [2.05, 4.69) is 10.8 Å². The SMILES string of the molecule is COC(=O)c1ccc(OCc2ccc(-c3ccccc3C#N)cc2)c([N+](=O)[O-])c1. The van der Waals surface area contributed by atoms with Crippen molar-refractivity contribution in [3.05, 3.63) is 93.5 Å². The van der Waals surface area contributed by atoms with Crippen LogP contribution in [0.2, 0.25) is 0 Å². The van der Waals surface area contributed by atoms with E-state index in [1.165, 1.54) is 19.2 Å². The molecule has 0 unspecified atom stereocenters. The van der Waals surface area contributed by atoms with Crippen molar-refractivity contribution in [2.45, 2.75) is 6.61 Å². The normalized spacial score (nSPS) is 10.1. The van der Waals surface area contributed by atoms with Crippen LogP contribution < -0.4 is 4.74 Å². The summed E-state index contributed by atoms with van der Waals surface area (Å²) in [7, 11) is 1.21. The van der Waals surface area contributed by atoms with Crippen LogP contribution in [0.5, 0.6) is 5.75 Å². The van der Waals surface area contributed by atoms with Crippen molar-refractivity contribution < 1.29 is 19.2 Å². The lowest BCUT2D eigenvalue weighted by Gasteiger charge is -2.09. The Morgan fingerprint density at radius 1 is 1.10 bits per heavy atom. The zero-order chi connectivity index (χ0) is 20.8. The van der Waals surface area contributed by atoms with Gasteiger partial charge in [-0.25, -0.2) is 4.79 Å². The first-order valence-corrected chi connectivity index (χ1v) is 8.61. The Balaban J connectivity index is 1.77. The molecule has 0 atom stereocenters. The van der Waals surface area contributed by atoms with Crippen molar-refractivity contribution in [3.8, 4) is 22.9 Å². The number of methoxy groups -OCH3 is 1. The number of esters is 1. The minimum absolute atomic E-state index is 0.0570. The van der Waals surface area contributed by atoms with Gasteiger partial charge in [0.15, 0.2) is 5.75 Å². The number of nitriles is 1. The zero-order valence-electron chi connectivity index (χ0n) is 15.5. The first-order valence-electron chi connectivity index (χ1n) is 8.61. The highest BCUT2D eigenvalue weighted by atomic mass is 16.6. The molecular formula is C22H16N2O5. The quantitative estimate of drug-likeness (QED) is 0.350. The highest BCUT2D eigenvalue weighted by Crippen LogP contribution is 2.29. The maximum absolute atomic E-state index is 11.6. The molecule has 3 aromatic rings. The number of hydrogen-bond donors (Lipinski definition) is 0. The summed E-state index contributed by atoms with van der Waals surface area (Å²) in [4.78, 5) is 22.3. The summed E-state index contributed by atoms with van der Waals surface area (Å²) in [6, 6.07) is 20.8. The third-order valence-electron chi connectivity index (χ3n) is 4.28. The lowest BCUT2D eigenvalue weighted by Crippen LogP contribution is -2.04. The number of carbonyl (C=O) groups is 1. The zero-order valence-corrected chi connectivity index (χ0v) is 15.5. The van der Waals surface area contributed by atoms with Gasteiger partial charge in [-0.3, -0.25) is 10.1 Å². The van der Waals surface area contributed by atoms with Crippen molar-refractivity contribution >= 4 is 11.7 Å². The maximum atomic E-state index is 11.6. The molecule has 7 heteroatoms. The van der Waals surface area contributed by atoms with E-state index in [1.807, 2.05) is 42.5 Å². The van der Waals surface area contributed by atoms with Gasteiger partial charge in [0, 0.05) is 6.07 Å². The summed E-state index contributed by atoms with van der Waals surface area (Å²) in [6.07, 6.45) is 0. The van der Waals surface area contributed by atoms with Gasteiger partial charge in [0.1, 0.15) is 6.61 Å². The van der Waals surface area contributed by atoms with Gasteiger partial charge >= 0.3 is 11.7 Å². The van der Waals surface area contributed by atoms with Crippen LogP contribution in [0.4, 0.5) is 5.69 Å². The second kappa shape index (κ2) is 8.67. The Bertz CT molecular complexity index is 1100. The summed E-state index contributed by atoms with van der Waals surface area (Å²) >= 11 is 0. The molecule has 3 aromatic carbocycles. The Morgan fingerprint density at radius 2 is 1.83 bits per heavy atom. The van der Waals surface area contributed by atoms with Crippen LogP contribution in [0, 0.1) is 21.4 Å². The van der Waals surface area contributed by atoms with E-state index in [4.69, 9.17) is 4.74 Å². The third kappa shape index (κ3) is 4.39. The molecule has 7 nitrogen and oxygen atoms in total. The number of rotatable bonds is 6. The van der Waals surface area contributed by atoms with Crippen LogP contribution in [0.25, 0.3) is 11.1 Å². The molecule has 3 rings (SSSR count). The molecule has 0 spiro atoms. The molecule has 0 fully saturated rings. The number of nitrogens with zero attached hydrogens (tertiary/aromatic N) is 2. The third-order valence-corrected chi connectivity index (χ3v) is 4.28.